The third kappa shape index (κ3) is 2.98. The standard InChI is InChI=1S/C12H15ClN4O/c1-3-6-17-12(14-15-16-17)8-18-11-7-9(2)4-5-10(11)13/h4-5,7H,3,6,8H2,1-2H3. The molecule has 0 spiro atoms. The first-order chi connectivity index (χ1) is 8.70. The molecule has 5 nitrogen and oxygen atoms in total. The van der Waals surface area contributed by atoms with Gasteiger partial charge in [-0.2, -0.15) is 0 Å². The average molecular weight is 267 g/mol. The van der Waals surface area contributed by atoms with Crippen molar-refractivity contribution in [3.8, 4) is 5.75 Å². The average Bonchev–Trinajstić information content (AvgIpc) is 2.78. The minimum Gasteiger partial charge on any atom is -0.484 e. The molecule has 2 rings (SSSR count). The van der Waals surface area contributed by atoms with Crippen LogP contribution in [0.5, 0.6) is 5.75 Å². The summed E-state index contributed by atoms with van der Waals surface area (Å²) in [4.78, 5) is 0. The van der Waals surface area contributed by atoms with Crippen LogP contribution in [0.3, 0.4) is 0 Å². The van der Waals surface area contributed by atoms with Gasteiger partial charge >= 0.3 is 0 Å². The largest absolute Gasteiger partial charge is 0.484 e. The van der Waals surface area contributed by atoms with Crippen LogP contribution in [0, 0.1) is 6.92 Å². The summed E-state index contributed by atoms with van der Waals surface area (Å²) in [5, 5.41) is 12.1. The number of aromatic nitrogens is 4. The van der Waals surface area contributed by atoms with E-state index in [1.807, 2.05) is 25.1 Å². The maximum absolute atomic E-state index is 6.05. The number of halogens is 1. The number of rotatable bonds is 5. The van der Waals surface area contributed by atoms with E-state index in [1.165, 1.54) is 0 Å². The maximum Gasteiger partial charge on any atom is 0.189 e. The van der Waals surface area contributed by atoms with Crippen LogP contribution >= 0.6 is 11.6 Å². The molecule has 2 aromatic rings. The SMILES string of the molecule is CCCn1nnnc1COc1cc(C)ccc1Cl. The van der Waals surface area contributed by atoms with Crippen molar-refractivity contribution < 1.29 is 4.74 Å². The van der Waals surface area contributed by atoms with Crippen molar-refractivity contribution in [3.63, 3.8) is 0 Å². The summed E-state index contributed by atoms with van der Waals surface area (Å²) in [5.41, 5.74) is 1.10. The lowest BCUT2D eigenvalue weighted by molar-refractivity contribution is 0.286. The van der Waals surface area contributed by atoms with E-state index in [2.05, 4.69) is 22.4 Å². The summed E-state index contributed by atoms with van der Waals surface area (Å²) < 4.78 is 7.39. The lowest BCUT2D eigenvalue weighted by Crippen LogP contribution is -2.08. The van der Waals surface area contributed by atoms with Gasteiger partial charge in [-0.1, -0.05) is 24.6 Å². The van der Waals surface area contributed by atoms with Crippen molar-refractivity contribution in [2.45, 2.75) is 33.4 Å². The fourth-order valence-electron chi connectivity index (χ4n) is 1.58. The van der Waals surface area contributed by atoms with Crippen LogP contribution in [0.25, 0.3) is 0 Å². The number of ether oxygens (including phenoxy) is 1. The topological polar surface area (TPSA) is 52.8 Å². The Hall–Kier alpha value is -1.62. The Morgan fingerprint density at radius 1 is 1.39 bits per heavy atom. The summed E-state index contributed by atoms with van der Waals surface area (Å²) in [6.45, 7) is 5.16. The smallest absolute Gasteiger partial charge is 0.189 e. The monoisotopic (exact) mass is 266 g/mol. The van der Waals surface area contributed by atoms with Crippen LogP contribution in [0.4, 0.5) is 0 Å². The first kappa shape index (κ1) is 12.8. The second-order valence-electron chi connectivity index (χ2n) is 4.04. The molecule has 96 valence electrons. The zero-order valence-electron chi connectivity index (χ0n) is 10.4. The Kier molecular flexibility index (Phi) is 4.15. The van der Waals surface area contributed by atoms with E-state index in [1.54, 1.807) is 4.68 Å². The van der Waals surface area contributed by atoms with Crippen molar-refractivity contribution >= 4 is 11.6 Å². The lowest BCUT2D eigenvalue weighted by atomic mass is 10.2. The summed E-state index contributed by atoms with van der Waals surface area (Å²) in [7, 11) is 0. The molecule has 0 amide bonds. The van der Waals surface area contributed by atoms with Crippen LogP contribution in [0.15, 0.2) is 18.2 Å². The minimum atomic E-state index is 0.316. The van der Waals surface area contributed by atoms with E-state index >= 15 is 0 Å². The molecule has 0 saturated carbocycles. The molecule has 6 heteroatoms. The van der Waals surface area contributed by atoms with Gasteiger partial charge in [-0.3, -0.25) is 0 Å². The van der Waals surface area contributed by atoms with Crippen LogP contribution < -0.4 is 4.74 Å². The fourth-order valence-corrected chi connectivity index (χ4v) is 1.75. The highest BCUT2D eigenvalue weighted by Crippen LogP contribution is 2.25. The molecule has 0 atom stereocenters. The number of aryl methyl sites for hydroxylation is 2. The second-order valence-corrected chi connectivity index (χ2v) is 4.45. The predicted molar refractivity (Wildman–Crippen MR) is 68.6 cm³/mol. The highest BCUT2D eigenvalue weighted by Gasteiger charge is 2.08. The first-order valence-corrected chi connectivity index (χ1v) is 6.22. The zero-order valence-corrected chi connectivity index (χ0v) is 11.2. The number of tetrazole rings is 1. The molecule has 1 heterocycles. The molecular formula is C12H15ClN4O. The molecule has 0 radical (unpaired) electrons. The van der Waals surface area contributed by atoms with E-state index in [-0.39, 0.29) is 0 Å². The first-order valence-electron chi connectivity index (χ1n) is 5.84. The summed E-state index contributed by atoms with van der Waals surface area (Å²) in [5.74, 6) is 1.36. The molecule has 1 aromatic carbocycles. The molecule has 0 unspecified atom stereocenters. The molecule has 0 saturated heterocycles. The van der Waals surface area contributed by atoms with Gasteiger partial charge in [0.2, 0.25) is 0 Å². The number of hydrogen-bond acceptors (Lipinski definition) is 4. The zero-order chi connectivity index (χ0) is 13.0. The quantitative estimate of drug-likeness (QED) is 0.835. The normalized spacial score (nSPS) is 10.6. The summed E-state index contributed by atoms with van der Waals surface area (Å²) in [6.07, 6.45) is 0.975. The Bertz CT molecular complexity index is 527. The highest BCUT2D eigenvalue weighted by molar-refractivity contribution is 6.32. The van der Waals surface area contributed by atoms with Gasteiger partial charge in [-0.25, -0.2) is 4.68 Å². The van der Waals surface area contributed by atoms with Gasteiger partial charge in [0.05, 0.1) is 5.02 Å². The minimum absolute atomic E-state index is 0.316. The summed E-state index contributed by atoms with van der Waals surface area (Å²) in [6, 6.07) is 5.66. The summed E-state index contributed by atoms with van der Waals surface area (Å²) >= 11 is 6.05. The molecule has 0 fully saturated rings. The number of hydrogen-bond donors (Lipinski definition) is 0. The van der Waals surface area contributed by atoms with Crippen LogP contribution in [-0.4, -0.2) is 20.2 Å². The van der Waals surface area contributed by atoms with Gasteiger partial charge in [0, 0.05) is 6.54 Å². The van der Waals surface area contributed by atoms with Gasteiger partial charge < -0.3 is 4.74 Å². The number of nitrogens with zero attached hydrogens (tertiary/aromatic N) is 4. The van der Waals surface area contributed by atoms with E-state index in [9.17, 15) is 0 Å². The molecule has 0 aliphatic rings. The van der Waals surface area contributed by atoms with E-state index < -0.39 is 0 Å². The van der Waals surface area contributed by atoms with E-state index in [4.69, 9.17) is 16.3 Å². The highest BCUT2D eigenvalue weighted by atomic mass is 35.5. The Morgan fingerprint density at radius 3 is 3.00 bits per heavy atom. The van der Waals surface area contributed by atoms with Gasteiger partial charge in [-0.15, -0.1) is 5.10 Å². The lowest BCUT2D eigenvalue weighted by Gasteiger charge is -2.08. The Balaban J connectivity index is 2.06. The molecule has 0 aliphatic heterocycles. The molecule has 1 aromatic heterocycles. The maximum atomic E-state index is 6.05. The van der Waals surface area contributed by atoms with Gasteiger partial charge in [0.1, 0.15) is 12.4 Å². The fraction of sp³-hybridized carbons (Fsp3) is 0.417. The van der Waals surface area contributed by atoms with Gasteiger partial charge in [0.15, 0.2) is 5.82 Å². The second kappa shape index (κ2) is 5.82. The van der Waals surface area contributed by atoms with E-state index in [0.717, 1.165) is 18.5 Å². The van der Waals surface area contributed by atoms with Crippen molar-refractivity contribution in [2.75, 3.05) is 0 Å². The van der Waals surface area contributed by atoms with Crippen molar-refractivity contribution in [1.29, 1.82) is 0 Å². The van der Waals surface area contributed by atoms with Crippen LogP contribution in [0.2, 0.25) is 5.02 Å². The Morgan fingerprint density at radius 2 is 2.22 bits per heavy atom. The molecule has 18 heavy (non-hydrogen) atoms. The molecule has 0 N–H and O–H groups in total. The number of benzene rings is 1. The Labute approximate surface area is 111 Å². The molecular weight excluding hydrogens is 252 g/mol. The van der Waals surface area contributed by atoms with Crippen LogP contribution in [-0.2, 0) is 13.2 Å². The van der Waals surface area contributed by atoms with Crippen molar-refractivity contribution in [3.05, 3.63) is 34.6 Å². The predicted octanol–water partition coefficient (Wildman–Crippen LogP) is 2.62. The van der Waals surface area contributed by atoms with Crippen molar-refractivity contribution in [1.82, 2.24) is 20.2 Å². The molecule has 0 aliphatic carbocycles. The third-order valence-electron chi connectivity index (χ3n) is 2.48. The molecule has 0 bridgehead atoms. The third-order valence-corrected chi connectivity index (χ3v) is 2.80. The van der Waals surface area contributed by atoms with Gasteiger partial charge in [-0.05, 0) is 41.5 Å². The van der Waals surface area contributed by atoms with Gasteiger partial charge in [0.25, 0.3) is 0 Å². The van der Waals surface area contributed by atoms with E-state index in [0.29, 0.717) is 23.2 Å². The van der Waals surface area contributed by atoms with Crippen LogP contribution in [0.1, 0.15) is 24.7 Å². The van der Waals surface area contributed by atoms with Crippen molar-refractivity contribution in [2.24, 2.45) is 0 Å².